The molecule has 0 heterocycles. The summed E-state index contributed by atoms with van der Waals surface area (Å²) in [6.07, 6.45) is -0.559. The molecule has 1 aromatic rings. The van der Waals surface area contributed by atoms with E-state index in [1.807, 2.05) is 0 Å². The van der Waals surface area contributed by atoms with Crippen LogP contribution >= 0.6 is 11.8 Å². The van der Waals surface area contributed by atoms with Crippen LogP contribution in [-0.2, 0) is 49.5 Å². The van der Waals surface area contributed by atoms with Gasteiger partial charge in [-0.3, -0.25) is 38.4 Å². The quantitative estimate of drug-likeness (QED) is 0.0643. The molecule has 0 radical (unpaired) electrons. The Morgan fingerprint density at radius 3 is 2.04 bits per heavy atom. The minimum Gasteiger partial charge on any atom is -0.508 e. The predicted octanol–water partition coefficient (Wildman–Crippen LogP) is -2.03. The van der Waals surface area contributed by atoms with Gasteiger partial charge in [-0.2, -0.15) is 0 Å². The van der Waals surface area contributed by atoms with Gasteiger partial charge in [-0.05, 0) is 44.5 Å². The first-order valence-electron chi connectivity index (χ1n) is 15.6. The van der Waals surface area contributed by atoms with E-state index in [-0.39, 0.29) is 43.4 Å². The summed E-state index contributed by atoms with van der Waals surface area (Å²) in [6, 6.07) is 1.20. The van der Waals surface area contributed by atoms with Crippen LogP contribution in [0.15, 0.2) is 24.3 Å². The zero-order chi connectivity index (χ0) is 37.1. The van der Waals surface area contributed by atoms with Crippen molar-refractivity contribution in [2.75, 3.05) is 32.5 Å². The summed E-state index contributed by atoms with van der Waals surface area (Å²) in [5, 5.41) is 24.0. The Bertz CT molecular complexity index is 1330. The zero-order valence-corrected chi connectivity index (χ0v) is 29.1. The third-order valence-electron chi connectivity index (χ3n) is 6.67. The van der Waals surface area contributed by atoms with Crippen LogP contribution in [0.3, 0.4) is 0 Å². The number of amides is 6. The number of nitrogens with two attached hydrogens (primary N) is 1. The van der Waals surface area contributed by atoms with E-state index in [9.17, 15) is 43.5 Å². The molecule has 0 aliphatic heterocycles. The van der Waals surface area contributed by atoms with E-state index in [1.54, 1.807) is 40.0 Å². The van der Waals surface area contributed by atoms with Gasteiger partial charge in [0.25, 0.3) is 0 Å². The van der Waals surface area contributed by atoms with Crippen LogP contribution in [0.25, 0.3) is 0 Å². The molecule has 272 valence electrons. The Balaban J connectivity index is 2.82. The molecule has 0 aliphatic carbocycles. The highest BCUT2D eigenvalue weighted by Gasteiger charge is 2.31. The van der Waals surface area contributed by atoms with Crippen molar-refractivity contribution in [3.63, 3.8) is 0 Å². The van der Waals surface area contributed by atoms with Gasteiger partial charge in [0.05, 0.1) is 32.5 Å². The number of primary amides is 1. The van der Waals surface area contributed by atoms with E-state index in [4.69, 9.17) is 10.5 Å². The van der Waals surface area contributed by atoms with Crippen molar-refractivity contribution in [1.29, 1.82) is 0 Å². The van der Waals surface area contributed by atoms with Crippen molar-refractivity contribution in [2.24, 2.45) is 11.7 Å². The molecule has 0 aliphatic rings. The lowest BCUT2D eigenvalue weighted by Gasteiger charge is -2.25. The Morgan fingerprint density at radius 1 is 0.837 bits per heavy atom. The molecule has 1 aromatic carbocycles. The third kappa shape index (κ3) is 16.8. The van der Waals surface area contributed by atoms with Gasteiger partial charge in [0.15, 0.2) is 0 Å². The summed E-state index contributed by atoms with van der Waals surface area (Å²) >= 11 is 0.831. The van der Waals surface area contributed by atoms with Crippen molar-refractivity contribution in [3.8, 4) is 5.75 Å². The van der Waals surface area contributed by atoms with Crippen molar-refractivity contribution in [2.45, 2.75) is 71.1 Å². The SMILES string of the molecule is CCOC(=O)CCSC(=O)C(NC(=O)[C@H](CC(N)=O)NC(=O)C(C)NC(=O)CNC(=O)[C@H](Cc1ccc(O)cc1)NC(=O)CNC)C(C)C. The summed E-state index contributed by atoms with van der Waals surface area (Å²) in [4.78, 5) is 99.8. The van der Waals surface area contributed by atoms with Gasteiger partial charge in [-0.15, -0.1) is 0 Å². The Labute approximate surface area is 289 Å². The number of esters is 1. The summed E-state index contributed by atoms with van der Waals surface area (Å²) < 4.78 is 4.84. The largest absolute Gasteiger partial charge is 0.508 e. The maximum absolute atomic E-state index is 13.1. The highest BCUT2D eigenvalue weighted by atomic mass is 32.2. The first-order valence-corrected chi connectivity index (χ1v) is 16.6. The lowest BCUT2D eigenvalue weighted by atomic mass is 10.0. The number of hydrogen-bond donors (Lipinski definition) is 8. The second kappa shape index (κ2) is 22.0. The number of likely N-dealkylation sites (N-methyl/N-ethyl adjacent to an activating group) is 1. The summed E-state index contributed by atoms with van der Waals surface area (Å²) in [7, 11) is 1.56. The minimum atomic E-state index is -1.48. The van der Waals surface area contributed by atoms with Crippen LogP contribution in [-0.4, -0.2) is 108 Å². The molecule has 0 saturated carbocycles. The molecule has 4 atom stereocenters. The second-order valence-electron chi connectivity index (χ2n) is 11.2. The van der Waals surface area contributed by atoms with Crippen molar-refractivity contribution in [3.05, 3.63) is 29.8 Å². The topological polar surface area (TPSA) is 264 Å². The van der Waals surface area contributed by atoms with Crippen LogP contribution in [0.4, 0.5) is 0 Å². The number of hydrogen-bond acceptors (Lipinski definition) is 12. The van der Waals surface area contributed by atoms with E-state index in [2.05, 4.69) is 31.9 Å². The number of rotatable bonds is 21. The van der Waals surface area contributed by atoms with Crippen molar-refractivity contribution in [1.82, 2.24) is 31.9 Å². The van der Waals surface area contributed by atoms with E-state index in [0.29, 0.717) is 5.56 Å². The molecule has 2 unspecified atom stereocenters. The molecular weight excluding hydrogens is 662 g/mol. The minimum absolute atomic E-state index is 0.00964. The fourth-order valence-corrected chi connectivity index (χ4v) is 5.13. The number of aromatic hydroxyl groups is 1. The molecule has 6 amide bonds. The van der Waals surface area contributed by atoms with Gasteiger partial charge in [0, 0.05) is 12.2 Å². The summed E-state index contributed by atoms with van der Waals surface area (Å²) in [6.45, 7) is 5.90. The maximum atomic E-state index is 13.1. The smallest absolute Gasteiger partial charge is 0.306 e. The van der Waals surface area contributed by atoms with Crippen molar-refractivity contribution < 1.29 is 48.2 Å². The molecule has 1 rings (SSSR count). The monoisotopic (exact) mass is 709 g/mol. The predicted molar refractivity (Wildman–Crippen MR) is 180 cm³/mol. The van der Waals surface area contributed by atoms with E-state index < -0.39 is 83.7 Å². The van der Waals surface area contributed by atoms with Gasteiger partial charge >= 0.3 is 5.97 Å². The molecule has 0 bridgehead atoms. The fourth-order valence-electron chi connectivity index (χ4n) is 4.15. The highest BCUT2D eigenvalue weighted by molar-refractivity contribution is 8.13. The van der Waals surface area contributed by atoms with E-state index in [0.717, 1.165) is 11.8 Å². The average molecular weight is 710 g/mol. The van der Waals surface area contributed by atoms with Crippen LogP contribution in [0.5, 0.6) is 5.75 Å². The van der Waals surface area contributed by atoms with Gasteiger partial charge < -0.3 is 47.5 Å². The molecule has 49 heavy (non-hydrogen) atoms. The molecule has 0 aromatic heterocycles. The fraction of sp³-hybridized carbons (Fsp3) is 0.548. The molecular formula is C31H47N7O10S. The van der Waals surface area contributed by atoms with Crippen LogP contribution < -0.4 is 37.6 Å². The second-order valence-corrected chi connectivity index (χ2v) is 12.3. The normalized spacial score (nSPS) is 13.2. The number of carbonyl (C=O) groups excluding carboxylic acids is 8. The van der Waals surface area contributed by atoms with Gasteiger partial charge in [0.2, 0.25) is 40.6 Å². The van der Waals surface area contributed by atoms with E-state index >= 15 is 0 Å². The Kier molecular flexibility index (Phi) is 19.0. The van der Waals surface area contributed by atoms with Crippen LogP contribution in [0.2, 0.25) is 0 Å². The van der Waals surface area contributed by atoms with Crippen molar-refractivity contribution >= 4 is 58.3 Å². The lowest BCUT2D eigenvalue weighted by molar-refractivity contribution is -0.142. The first-order chi connectivity index (χ1) is 23.1. The van der Waals surface area contributed by atoms with Gasteiger partial charge in [-0.1, -0.05) is 37.7 Å². The molecule has 0 fully saturated rings. The lowest BCUT2D eigenvalue weighted by Crippen LogP contribution is -2.57. The number of nitrogens with one attached hydrogen (secondary N) is 6. The molecule has 0 spiro atoms. The zero-order valence-electron chi connectivity index (χ0n) is 28.3. The van der Waals surface area contributed by atoms with Gasteiger partial charge in [0.1, 0.15) is 29.9 Å². The summed E-state index contributed by atoms with van der Waals surface area (Å²) in [5.41, 5.74) is 5.92. The Morgan fingerprint density at radius 2 is 1.47 bits per heavy atom. The standard InChI is InChI=1S/C31H47N7O10S/c1-6-48-26(43)11-12-49-31(47)27(17(2)3)38-30(46)22(14-23(32)40)37-28(44)18(4)35-25(42)16-34-29(45)21(36-24(41)15-33-5)13-19-7-9-20(39)10-8-19/h7-10,17-18,21-22,27,33,39H,6,11-16H2,1-5H3,(H2,32,40)(H,34,45)(H,35,42)(H,36,41)(H,37,44)(H,38,46)/t18?,21-,22-,27?/m0/s1. The molecule has 17 nitrogen and oxygen atoms in total. The molecule has 18 heteroatoms. The summed E-state index contributed by atoms with van der Waals surface area (Å²) in [5.74, 6) is -5.28. The third-order valence-corrected chi connectivity index (χ3v) is 7.62. The number of phenols is 1. The molecule has 0 saturated heterocycles. The number of carbonyl (C=O) groups is 8. The average Bonchev–Trinajstić information content (AvgIpc) is 3.02. The maximum Gasteiger partial charge on any atom is 0.306 e. The van der Waals surface area contributed by atoms with Gasteiger partial charge in [-0.25, -0.2) is 0 Å². The molecule has 9 N–H and O–H groups in total. The van der Waals surface area contributed by atoms with Crippen LogP contribution in [0, 0.1) is 5.92 Å². The number of thioether (sulfide) groups is 1. The number of ether oxygens (including phenoxy) is 1. The first kappa shape index (κ1) is 42.3. The number of phenolic OH excluding ortho intramolecular Hbond substituents is 1. The van der Waals surface area contributed by atoms with Crippen LogP contribution in [0.1, 0.15) is 46.1 Å². The Hall–Kier alpha value is -4.71. The highest BCUT2D eigenvalue weighted by Crippen LogP contribution is 2.15. The van der Waals surface area contributed by atoms with E-state index in [1.165, 1.54) is 19.1 Å². The number of benzene rings is 1.